The number of fused-ring (bicyclic) bond motifs is 1. The van der Waals surface area contributed by atoms with Gasteiger partial charge in [0.05, 0.1) is 13.2 Å². The van der Waals surface area contributed by atoms with Gasteiger partial charge in [0.2, 0.25) is 5.91 Å². The number of nitrogens with zero attached hydrogens (tertiary/aromatic N) is 3. The maximum absolute atomic E-state index is 13.1. The van der Waals surface area contributed by atoms with Gasteiger partial charge in [-0.1, -0.05) is 43.7 Å². The number of piperazine rings is 1. The van der Waals surface area contributed by atoms with Crippen LogP contribution in [0.15, 0.2) is 72.8 Å². The van der Waals surface area contributed by atoms with E-state index in [1.165, 1.54) is 5.56 Å². The van der Waals surface area contributed by atoms with Gasteiger partial charge < -0.3 is 19.4 Å². The second kappa shape index (κ2) is 11.5. The lowest BCUT2D eigenvalue weighted by atomic mass is 9.99. The molecule has 2 amide bonds. The Bertz CT molecular complexity index is 1220. The van der Waals surface area contributed by atoms with Crippen molar-refractivity contribution in [3.05, 3.63) is 89.5 Å². The van der Waals surface area contributed by atoms with Crippen LogP contribution in [-0.2, 0) is 17.8 Å². The van der Waals surface area contributed by atoms with Crippen LogP contribution in [0.4, 0.5) is 11.4 Å². The standard InChI is InChI=1S/C31H35N3O3/c1-2-3-21-37-28-13-9-25(10-14-28)31(36)33-19-17-32(18-20-33)27-12-15-29-26(22-27)11-16-30(35)34(29)23-24-7-5-4-6-8-24/h4-10,12-15,22H,2-3,11,16-21,23H2,1H3. The zero-order valence-electron chi connectivity index (χ0n) is 21.6. The molecule has 0 spiro atoms. The van der Waals surface area contributed by atoms with Crippen molar-refractivity contribution >= 4 is 23.2 Å². The van der Waals surface area contributed by atoms with E-state index in [9.17, 15) is 9.59 Å². The van der Waals surface area contributed by atoms with Gasteiger partial charge in [0, 0.05) is 49.5 Å². The third-order valence-electron chi connectivity index (χ3n) is 7.25. The van der Waals surface area contributed by atoms with Crippen LogP contribution in [0.2, 0.25) is 0 Å². The summed E-state index contributed by atoms with van der Waals surface area (Å²) in [5.74, 6) is 1.06. The molecule has 0 aliphatic carbocycles. The predicted molar refractivity (Wildman–Crippen MR) is 147 cm³/mol. The van der Waals surface area contributed by atoms with Crippen LogP contribution in [0.3, 0.4) is 0 Å². The Hall–Kier alpha value is -3.80. The molecule has 2 aliphatic heterocycles. The van der Waals surface area contributed by atoms with E-state index in [2.05, 4.69) is 42.2 Å². The molecule has 5 rings (SSSR count). The van der Waals surface area contributed by atoms with Gasteiger partial charge in [-0.3, -0.25) is 9.59 Å². The molecule has 2 heterocycles. The fourth-order valence-corrected chi connectivity index (χ4v) is 5.06. The molecule has 0 aromatic heterocycles. The van der Waals surface area contributed by atoms with E-state index in [-0.39, 0.29) is 11.8 Å². The fraction of sp³-hybridized carbons (Fsp3) is 0.355. The molecule has 1 fully saturated rings. The highest BCUT2D eigenvalue weighted by Gasteiger charge is 2.27. The number of ether oxygens (including phenoxy) is 1. The maximum Gasteiger partial charge on any atom is 0.253 e. The number of aryl methyl sites for hydroxylation is 1. The quantitative estimate of drug-likeness (QED) is 0.396. The average molecular weight is 498 g/mol. The number of amides is 2. The first-order valence-electron chi connectivity index (χ1n) is 13.4. The summed E-state index contributed by atoms with van der Waals surface area (Å²) in [6.07, 6.45) is 3.43. The van der Waals surface area contributed by atoms with Crippen molar-refractivity contribution in [2.24, 2.45) is 0 Å². The molecule has 0 radical (unpaired) electrons. The topological polar surface area (TPSA) is 53.1 Å². The van der Waals surface area contributed by atoms with E-state index in [4.69, 9.17) is 4.74 Å². The highest BCUT2D eigenvalue weighted by atomic mass is 16.5. The lowest BCUT2D eigenvalue weighted by Gasteiger charge is -2.37. The molecule has 2 aliphatic rings. The third-order valence-corrected chi connectivity index (χ3v) is 7.25. The number of hydrogen-bond acceptors (Lipinski definition) is 4. The summed E-state index contributed by atoms with van der Waals surface area (Å²) in [5, 5.41) is 0. The van der Waals surface area contributed by atoms with Gasteiger partial charge in [-0.15, -0.1) is 0 Å². The zero-order valence-corrected chi connectivity index (χ0v) is 21.6. The molecule has 6 nitrogen and oxygen atoms in total. The van der Waals surface area contributed by atoms with E-state index in [1.54, 1.807) is 0 Å². The van der Waals surface area contributed by atoms with Gasteiger partial charge >= 0.3 is 0 Å². The zero-order chi connectivity index (χ0) is 25.6. The summed E-state index contributed by atoms with van der Waals surface area (Å²) in [6.45, 7) is 6.38. The molecule has 192 valence electrons. The van der Waals surface area contributed by atoms with Crippen molar-refractivity contribution in [3.8, 4) is 5.75 Å². The summed E-state index contributed by atoms with van der Waals surface area (Å²) in [6, 6.07) is 24.1. The van der Waals surface area contributed by atoms with E-state index in [0.717, 1.165) is 55.0 Å². The van der Waals surface area contributed by atoms with Crippen molar-refractivity contribution in [1.82, 2.24) is 4.90 Å². The van der Waals surface area contributed by atoms with Gasteiger partial charge in [0.1, 0.15) is 5.75 Å². The maximum atomic E-state index is 13.1. The molecule has 37 heavy (non-hydrogen) atoms. The Labute approximate surface area is 219 Å². The van der Waals surface area contributed by atoms with Crippen LogP contribution < -0.4 is 14.5 Å². The minimum Gasteiger partial charge on any atom is -0.494 e. The molecule has 6 heteroatoms. The first-order valence-corrected chi connectivity index (χ1v) is 13.4. The largest absolute Gasteiger partial charge is 0.494 e. The molecule has 0 bridgehead atoms. The molecule has 0 saturated carbocycles. The number of benzene rings is 3. The molecular formula is C31H35N3O3. The minimum atomic E-state index is 0.0697. The van der Waals surface area contributed by atoms with Gasteiger partial charge in [-0.2, -0.15) is 0 Å². The summed E-state index contributed by atoms with van der Waals surface area (Å²) < 4.78 is 5.72. The first kappa shape index (κ1) is 24.9. The average Bonchev–Trinajstić information content (AvgIpc) is 2.95. The highest BCUT2D eigenvalue weighted by Crippen LogP contribution is 2.33. The van der Waals surface area contributed by atoms with E-state index >= 15 is 0 Å². The number of carbonyl (C=O) groups excluding carboxylic acids is 2. The SMILES string of the molecule is CCCCOc1ccc(C(=O)N2CCN(c3ccc4c(c3)CCC(=O)N4Cc3ccccc3)CC2)cc1. The van der Waals surface area contributed by atoms with Crippen LogP contribution in [-0.4, -0.2) is 49.5 Å². The summed E-state index contributed by atoms with van der Waals surface area (Å²) in [5.41, 5.74) is 5.22. The molecule has 3 aromatic carbocycles. The Morgan fingerprint density at radius 3 is 2.38 bits per heavy atom. The van der Waals surface area contributed by atoms with Crippen molar-refractivity contribution < 1.29 is 14.3 Å². The minimum absolute atomic E-state index is 0.0697. The van der Waals surface area contributed by atoms with Crippen molar-refractivity contribution in [3.63, 3.8) is 0 Å². The summed E-state index contributed by atoms with van der Waals surface area (Å²) in [7, 11) is 0. The predicted octanol–water partition coefficient (Wildman–Crippen LogP) is 5.31. The summed E-state index contributed by atoms with van der Waals surface area (Å²) in [4.78, 5) is 31.9. The first-order chi connectivity index (χ1) is 18.1. The monoisotopic (exact) mass is 497 g/mol. The van der Waals surface area contributed by atoms with Crippen molar-refractivity contribution in [2.45, 2.75) is 39.2 Å². The van der Waals surface area contributed by atoms with Gasteiger partial charge in [-0.25, -0.2) is 0 Å². The fourth-order valence-electron chi connectivity index (χ4n) is 5.06. The number of rotatable bonds is 8. The van der Waals surface area contributed by atoms with Crippen LogP contribution in [0.5, 0.6) is 5.75 Å². The second-order valence-corrected chi connectivity index (χ2v) is 9.78. The highest BCUT2D eigenvalue weighted by molar-refractivity contribution is 5.97. The Morgan fingerprint density at radius 2 is 1.65 bits per heavy atom. The number of hydrogen-bond donors (Lipinski definition) is 0. The van der Waals surface area contributed by atoms with Crippen LogP contribution in [0.25, 0.3) is 0 Å². The van der Waals surface area contributed by atoms with Gasteiger partial charge in [-0.05, 0) is 66.4 Å². The number of carbonyl (C=O) groups is 2. The Balaban J connectivity index is 1.20. The Kier molecular flexibility index (Phi) is 7.73. The van der Waals surface area contributed by atoms with E-state index < -0.39 is 0 Å². The van der Waals surface area contributed by atoms with E-state index in [0.29, 0.717) is 38.2 Å². The second-order valence-electron chi connectivity index (χ2n) is 9.78. The van der Waals surface area contributed by atoms with Crippen LogP contribution in [0.1, 0.15) is 47.7 Å². The summed E-state index contributed by atoms with van der Waals surface area (Å²) >= 11 is 0. The number of anilines is 2. The molecule has 0 unspecified atom stereocenters. The van der Waals surface area contributed by atoms with Crippen molar-refractivity contribution in [2.75, 3.05) is 42.6 Å². The molecule has 1 saturated heterocycles. The van der Waals surface area contributed by atoms with Crippen LogP contribution >= 0.6 is 0 Å². The third kappa shape index (κ3) is 5.79. The van der Waals surface area contributed by atoms with Gasteiger partial charge in [0.15, 0.2) is 0 Å². The lowest BCUT2D eigenvalue weighted by Crippen LogP contribution is -2.48. The van der Waals surface area contributed by atoms with Crippen molar-refractivity contribution in [1.29, 1.82) is 0 Å². The molecular weight excluding hydrogens is 462 g/mol. The molecule has 0 atom stereocenters. The normalized spacial score (nSPS) is 15.5. The Morgan fingerprint density at radius 1 is 0.892 bits per heavy atom. The molecule has 3 aromatic rings. The van der Waals surface area contributed by atoms with Crippen LogP contribution in [0, 0.1) is 0 Å². The molecule has 0 N–H and O–H groups in total. The van der Waals surface area contributed by atoms with E-state index in [1.807, 2.05) is 52.3 Å². The smallest absolute Gasteiger partial charge is 0.253 e. The number of unbranched alkanes of at least 4 members (excludes halogenated alkanes) is 1. The van der Waals surface area contributed by atoms with Gasteiger partial charge in [0.25, 0.3) is 5.91 Å². The lowest BCUT2D eigenvalue weighted by molar-refractivity contribution is -0.119.